The van der Waals surface area contributed by atoms with Crippen molar-refractivity contribution >= 4 is 67.7 Å². The first kappa shape index (κ1) is 23.2. The molecule has 8 nitrogen and oxygen atoms in total. The molecule has 2 fully saturated rings. The minimum Gasteiger partial charge on any atom is -0.444 e. The molecular formula is C18H21Cl2N3O5S2. The second-order valence-corrected chi connectivity index (χ2v) is 12.0. The van der Waals surface area contributed by atoms with Crippen LogP contribution in [0, 0.1) is 0 Å². The van der Waals surface area contributed by atoms with Gasteiger partial charge >= 0.3 is 6.09 Å². The monoisotopic (exact) mass is 493 g/mol. The van der Waals surface area contributed by atoms with E-state index < -0.39 is 33.5 Å². The fourth-order valence-electron chi connectivity index (χ4n) is 3.13. The Bertz CT molecular complexity index is 1010. The van der Waals surface area contributed by atoms with E-state index in [1.54, 1.807) is 43.9 Å². The van der Waals surface area contributed by atoms with Crippen molar-refractivity contribution in [2.75, 3.05) is 23.0 Å². The average molecular weight is 494 g/mol. The molecule has 2 saturated heterocycles. The SMILES string of the molecule is CC(C)(C)OC(=O)NCC(=O)N=C1SC2CS(=O)(=O)CC2N1c1cccc(Cl)c1Cl. The van der Waals surface area contributed by atoms with Gasteiger partial charge in [-0.25, -0.2) is 13.2 Å². The number of thioether (sulfide) groups is 1. The number of nitrogens with one attached hydrogen (secondary N) is 1. The molecule has 2 aliphatic heterocycles. The highest BCUT2D eigenvalue weighted by molar-refractivity contribution is 8.16. The fraction of sp³-hybridized carbons (Fsp3) is 0.500. The lowest BCUT2D eigenvalue weighted by Gasteiger charge is -2.25. The van der Waals surface area contributed by atoms with Crippen LogP contribution in [0.4, 0.5) is 10.5 Å². The molecule has 0 aliphatic carbocycles. The molecule has 0 aromatic heterocycles. The molecule has 2 aliphatic rings. The number of halogens is 2. The second kappa shape index (κ2) is 8.57. The molecule has 2 unspecified atom stereocenters. The normalized spacial score (nSPS) is 24.0. The van der Waals surface area contributed by atoms with Crippen LogP contribution in [-0.2, 0) is 19.4 Å². The molecule has 2 atom stereocenters. The summed E-state index contributed by atoms with van der Waals surface area (Å²) in [6, 6.07) is 4.59. The van der Waals surface area contributed by atoms with E-state index in [1.165, 1.54) is 11.8 Å². The summed E-state index contributed by atoms with van der Waals surface area (Å²) >= 11 is 13.7. The Morgan fingerprint density at radius 1 is 1.30 bits per heavy atom. The number of anilines is 1. The zero-order valence-electron chi connectivity index (χ0n) is 16.5. The number of carbonyl (C=O) groups is 2. The number of ether oxygens (including phenoxy) is 1. The van der Waals surface area contributed by atoms with Crippen LogP contribution >= 0.6 is 35.0 Å². The quantitative estimate of drug-likeness (QED) is 0.689. The van der Waals surface area contributed by atoms with E-state index in [-0.39, 0.29) is 28.3 Å². The van der Waals surface area contributed by atoms with Crippen LogP contribution in [0.5, 0.6) is 0 Å². The van der Waals surface area contributed by atoms with Crippen molar-refractivity contribution in [3.05, 3.63) is 28.2 Å². The first-order valence-electron chi connectivity index (χ1n) is 9.05. The van der Waals surface area contributed by atoms with Crippen LogP contribution in [0.3, 0.4) is 0 Å². The fourth-order valence-corrected chi connectivity index (χ4v) is 7.44. The first-order valence-corrected chi connectivity index (χ1v) is 12.5. The topological polar surface area (TPSA) is 105 Å². The smallest absolute Gasteiger partial charge is 0.408 e. The molecule has 0 saturated carbocycles. The summed E-state index contributed by atoms with van der Waals surface area (Å²) in [5, 5.41) is 2.95. The average Bonchev–Trinajstić information content (AvgIpc) is 3.05. The number of sulfone groups is 1. The van der Waals surface area contributed by atoms with E-state index >= 15 is 0 Å². The van der Waals surface area contributed by atoms with Crippen LogP contribution < -0.4 is 10.2 Å². The van der Waals surface area contributed by atoms with Gasteiger partial charge in [-0.15, -0.1) is 0 Å². The second-order valence-electron chi connectivity index (χ2n) is 7.89. The number of fused-ring (bicyclic) bond motifs is 1. The summed E-state index contributed by atoms with van der Waals surface area (Å²) in [5.41, 5.74) is -0.212. The highest BCUT2D eigenvalue weighted by atomic mass is 35.5. The Balaban J connectivity index is 1.83. The molecule has 1 aromatic rings. The minimum atomic E-state index is -3.21. The van der Waals surface area contributed by atoms with Crippen molar-refractivity contribution < 1.29 is 22.7 Å². The van der Waals surface area contributed by atoms with Gasteiger partial charge < -0.3 is 15.0 Å². The van der Waals surface area contributed by atoms with Gasteiger partial charge in [0.05, 0.1) is 33.3 Å². The minimum absolute atomic E-state index is 0.0135. The van der Waals surface area contributed by atoms with Gasteiger partial charge in [-0.1, -0.05) is 41.0 Å². The Morgan fingerprint density at radius 3 is 2.67 bits per heavy atom. The van der Waals surface area contributed by atoms with Gasteiger partial charge in [-0.05, 0) is 32.9 Å². The number of aliphatic imine (C=N–C) groups is 1. The summed E-state index contributed by atoms with van der Waals surface area (Å²) in [4.78, 5) is 29.9. The third kappa shape index (κ3) is 5.40. The molecule has 2 heterocycles. The zero-order chi connectivity index (χ0) is 22.3. The molecule has 164 valence electrons. The number of rotatable bonds is 3. The van der Waals surface area contributed by atoms with Crippen LogP contribution in [-0.4, -0.2) is 60.5 Å². The van der Waals surface area contributed by atoms with E-state index in [9.17, 15) is 18.0 Å². The predicted molar refractivity (Wildman–Crippen MR) is 119 cm³/mol. The van der Waals surface area contributed by atoms with Crippen molar-refractivity contribution in [1.29, 1.82) is 0 Å². The molecule has 0 radical (unpaired) electrons. The molecule has 3 rings (SSSR count). The summed E-state index contributed by atoms with van der Waals surface area (Å²) in [7, 11) is -3.21. The number of hydrogen-bond acceptors (Lipinski definition) is 6. The Kier molecular flexibility index (Phi) is 6.62. The number of benzene rings is 1. The van der Waals surface area contributed by atoms with E-state index in [4.69, 9.17) is 27.9 Å². The van der Waals surface area contributed by atoms with Gasteiger partial charge in [-0.3, -0.25) is 4.79 Å². The summed E-state index contributed by atoms with van der Waals surface area (Å²) in [6.45, 7) is 4.78. The lowest BCUT2D eigenvalue weighted by Crippen LogP contribution is -2.39. The summed E-state index contributed by atoms with van der Waals surface area (Å²) < 4.78 is 29.3. The standard InChI is InChI=1S/C18H21Cl2N3O5S2/c1-18(2,3)28-17(25)21-7-14(24)22-16-23(11-6-4-5-10(19)15(11)20)12-8-30(26,27)9-13(12)29-16/h4-6,12-13H,7-9H2,1-3H3,(H,21,25). The van der Waals surface area contributed by atoms with Gasteiger partial charge in [0.15, 0.2) is 15.0 Å². The van der Waals surface area contributed by atoms with Crippen LogP contribution in [0.1, 0.15) is 20.8 Å². The molecule has 30 heavy (non-hydrogen) atoms. The number of nitrogens with zero attached hydrogens (tertiary/aromatic N) is 2. The number of amides is 2. The number of carbonyl (C=O) groups excluding carboxylic acids is 2. The Hall–Kier alpha value is -1.49. The lowest BCUT2D eigenvalue weighted by molar-refractivity contribution is -0.117. The van der Waals surface area contributed by atoms with Crippen molar-refractivity contribution in [3.63, 3.8) is 0 Å². The van der Waals surface area contributed by atoms with Crippen LogP contribution in [0.25, 0.3) is 0 Å². The lowest BCUT2D eigenvalue weighted by atomic mass is 10.2. The van der Waals surface area contributed by atoms with Crippen LogP contribution in [0.2, 0.25) is 10.0 Å². The predicted octanol–water partition coefficient (Wildman–Crippen LogP) is 3.12. The van der Waals surface area contributed by atoms with Crippen molar-refractivity contribution in [1.82, 2.24) is 5.32 Å². The molecule has 1 N–H and O–H groups in total. The van der Waals surface area contributed by atoms with E-state index in [2.05, 4.69) is 10.3 Å². The van der Waals surface area contributed by atoms with E-state index in [0.29, 0.717) is 15.9 Å². The number of hydrogen-bond donors (Lipinski definition) is 1. The molecule has 0 bridgehead atoms. The van der Waals surface area contributed by atoms with Gasteiger partial charge in [-0.2, -0.15) is 4.99 Å². The summed E-state index contributed by atoms with van der Waals surface area (Å²) in [5.74, 6) is -0.689. The third-order valence-electron chi connectivity index (χ3n) is 4.26. The van der Waals surface area contributed by atoms with E-state index in [0.717, 1.165) is 0 Å². The molecule has 12 heteroatoms. The van der Waals surface area contributed by atoms with Crippen LogP contribution in [0.15, 0.2) is 23.2 Å². The molecule has 0 spiro atoms. The molecule has 1 aromatic carbocycles. The Morgan fingerprint density at radius 2 is 2.00 bits per heavy atom. The molecular weight excluding hydrogens is 473 g/mol. The van der Waals surface area contributed by atoms with Gasteiger partial charge in [0.2, 0.25) is 0 Å². The zero-order valence-corrected chi connectivity index (χ0v) is 19.7. The molecule has 2 amide bonds. The van der Waals surface area contributed by atoms with Crippen molar-refractivity contribution in [2.24, 2.45) is 4.99 Å². The van der Waals surface area contributed by atoms with Gasteiger partial charge in [0.25, 0.3) is 5.91 Å². The number of amidine groups is 1. The third-order valence-corrected chi connectivity index (χ3v) is 8.28. The van der Waals surface area contributed by atoms with E-state index in [1.807, 2.05) is 0 Å². The maximum Gasteiger partial charge on any atom is 0.408 e. The van der Waals surface area contributed by atoms with Gasteiger partial charge in [0, 0.05) is 5.25 Å². The van der Waals surface area contributed by atoms with Gasteiger partial charge in [0.1, 0.15) is 12.1 Å². The highest BCUT2D eigenvalue weighted by Gasteiger charge is 2.49. The first-order chi connectivity index (χ1) is 13.9. The number of alkyl carbamates (subject to hydrolysis) is 1. The largest absolute Gasteiger partial charge is 0.444 e. The van der Waals surface area contributed by atoms with Crippen molar-refractivity contribution in [3.8, 4) is 0 Å². The maximum absolute atomic E-state index is 12.4. The highest BCUT2D eigenvalue weighted by Crippen LogP contribution is 2.44. The Labute approximate surface area is 189 Å². The summed E-state index contributed by atoms with van der Waals surface area (Å²) in [6.07, 6.45) is -0.729. The van der Waals surface area contributed by atoms with Crippen molar-refractivity contribution in [2.45, 2.75) is 37.7 Å². The maximum atomic E-state index is 12.4.